The van der Waals surface area contributed by atoms with E-state index in [1.54, 1.807) is 0 Å². The third kappa shape index (κ3) is 6.54. The predicted molar refractivity (Wildman–Crippen MR) is 50.3 cm³/mol. The standard InChI is InChI=1S/C9H19NO3/c1-10(2,3)6-4-5-8(7-11)9(12)13/h8,11H,4-7H2,1-3H3/p+1. The van der Waals surface area contributed by atoms with Gasteiger partial charge in [-0.3, -0.25) is 4.79 Å². The Kier molecular flexibility index (Phi) is 4.95. The molecule has 0 aromatic rings. The van der Waals surface area contributed by atoms with Gasteiger partial charge in [0.2, 0.25) is 0 Å². The fourth-order valence-corrected chi connectivity index (χ4v) is 1.10. The molecule has 0 spiro atoms. The van der Waals surface area contributed by atoms with E-state index in [0.29, 0.717) is 6.42 Å². The summed E-state index contributed by atoms with van der Waals surface area (Å²) in [4.78, 5) is 10.5. The van der Waals surface area contributed by atoms with Crippen molar-refractivity contribution >= 4 is 5.97 Å². The molecule has 1 unspecified atom stereocenters. The monoisotopic (exact) mass is 190 g/mol. The Hall–Kier alpha value is -0.610. The maximum atomic E-state index is 10.5. The number of rotatable bonds is 6. The highest BCUT2D eigenvalue weighted by Crippen LogP contribution is 2.07. The first-order valence-electron chi connectivity index (χ1n) is 4.51. The molecule has 0 heterocycles. The number of aliphatic hydroxyl groups is 1. The maximum absolute atomic E-state index is 10.5. The van der Waals surface area contributed by atoms with E-state index in [0.717, 1.165) is 17.4 Å². The Morgan fingerprint density at radius 1 is 1.38 bits per heavy atom. The number of hydrogen-bond donors (Lipinski definition) is 2. The van der Waals surface area contributed by atoms with Gasteiger partial charge in [0.1, 0.15) is 0 Å². The fourth-order valence-electron chi connectivity index (χ4n) is 1.10. The van der Waals surface area contributed by atoms with Crippen molar-refractivity contribution < 1.29 is 19.5 Å². The molecule has 0 aromatic carbocycles. The largest absolute Gasteiger partial charge is 0.481 e. The Morgan fingerprint density at radius 3 is 2.23 bits per heavy atom. The minimum absolute atomic E-state index is 0.257. The molecule has 0 saturated heterocycles. The van der Waals surface area contributed by atoms with Crippen LogP contribution in [0.5, 0.6) is 0 Å². The number of carbonyl (C=O) groups is 1. The van der Waals surface area contributed by atoms with E-state index in [2.05, 4.69) is 21.1 Å². The second-order valence-corrected chi connectivity index (χ2v) is 4.37. The molecule has 0 bridgehead atoms. The van der Waals surface area contributed by atoms with Crippen LogP contribution in [0.25, 0.3) is 0 Å². The van der Waals surface area contributed by atoms with E-state index in [9.17, 15) is 4.79 Å². The van der Waals surface area contributed by atoms with E-state index in [-0.39, 0.29) is 6.61 Å². The van der Waals surface area contributed by atoms with Gasteiger partial charge in [-0.05, 0) is 12.8 Å². The quantitative estimate of drug-likeness (QED) is 0.587. The molecule has 2 N–H and O–H groups in total. The van der Waals surface area contributed by atoms with Crippen LogP contribution in [0.1, 0.15) is 12.8 Å². The van der Waals surface area contributed by atoms with Crippen LogP contribution in [0.4, 0.5) is 0 Å². The van der Waals surface area contributed by atoms with Crippen molar-refractivity contribution in [2.75, 3.05) is 34.3 Å². The first-order valence-corrected chi connectivity index (χ1v) is 4.51. The summed E-state index contributed by atoms with van der Waals surface area (Å²) in [5.41, 5.74) is 0. The van der Waals surface area contributed by atoms with Crippen LogP contribution >= 0.6 is 0 Å². The Balaban J connectivity index is 3.68. The van der Waals surface area contributed by atoms with Gasteiger partial charge in [0, 0.05) is 0 Å². The highest BCUT2D eigenvalue weighted by Gasteiger charge is 2.17. The highest BCUT2D eigenvalue weighted by atomic mass is 16.4. The first-order chi connectivity index (χ1) is 5.87. The lowest BCUT2D eigenvalue weighted by atomic mass is 10.0. The number of nitrogens with zero attached hydrogens (tertiary/aromatic N) is 1. The summed E-state index contributed by atoms with van der Waals surface area (Å²) in [6.07, 6.45) is 1.39. The van der Waals surface area contributed by atoms with Crippen molar-refractivity contribution in [1.29, 1.82) is 0 Å². The summed E-state index contributed by atoms with van der Waals surface area (Å²) in [6, 6.07) is 0. The number of hydrogen-bond acceptors (Lipinski definition) is 2. The Morgan fingerprint density at radius 2 is 1.92 bits per heavy atom. The minimum Gasteiger partial charge on any atom is -0.481 e. The molecule has 0 fully saturated rings. The lowest BCUT2D eigenvalue weighted by Gasteiger charge is -2.24. The van der Waals surface area contributed by atoms with Crippen molar-refractivity contribution in [1.82, 2.24) is 0 Å². The van der Waals surface area contributed by atoms with Crippen LogP contribution in [0.2, 0.25) is 0 Å². The lowest BCUT2D eigenvalue weighted by molar-refractivity contribution is -0.870. The van der Waals surface area contributed by atoms with Crippen molar-refractivity contribution in [2.24, 2.45) is 5.92 Å². The summed E-state index contributed by atoms with van der Waals surface area (Å²) in [5.74, 6) is -1.49. The topological polar surface area (TPSA) is 57.5 Å². The van der Waals surface area contributed by atoms with Crippen LogP contribution in [-0.4, -0.2) is 55.0 Å². The molecule has 0 aliphatic rings. The van der Waals surface area contributed by atoms with E-state index in [1.807, 2.05) is 0 Å². The number of carboxylic acids is 1. The molecule has 0 radical (unpaired) electrons. The zero-order valence-electron chi connectivity index (χ0n) is 8.66. The van der Waals surface area contributed by atoms with E-state index in [4.69, 9.17) is 10.2 Å². The smallest absolute Gasteiger partial charge is 0.308 e. The van der Waals surface area contributed by atoms with Crippen molar-refractivity contribution in [3.05, 3.63) is 0 Å². The third-order valence-electron chi connectivity index (χ3n) is 1.95. The number of aliphatic hydroxyl groups excluding tert-OH is 1. The van der Waals surface area contributed by atoms with Gasteiger partial charge in [0.15, 0.2) is 0 Å². The summed E-state index contributed by atoms with van der Waals surface area (Å²) in [6.45, 7) is 0.677. The molecule has 78 valence electrons. The van der Waals surface area contributed by atoms with Crippen LogP contribution in [0.3, 0.4) is 0 Å². The summed E-state index contributed by atoms with van der Waals surface area (Å²) < 4.78 is 0.831. The van der Waals surface area contributed by atoms with E-state index < -0.39 is 11.9 Å². The molecular weight excluding hydrogens is 170 g/mol. The molecule has 0 aliphatic heterocycles. The van der Waals surface area contributed by atoms with Crippen LogP contribution < -0.4 is 0 Å². The van der Waals surface area contributed by atoms with Gasteiger partial charge in [0.25, 0.3) is 0 Å². The van der Waals surface area contributed by atoms with Crippen molar-refractivity contribution in [3.8, 4) is 0 Å². The lowest BCUT2D eigenvalue weighted by Crippen LogP contribution is -2.35. The molecule has 4 nitrogen and oxygen atoms in total. The minimum atomic E-state index is -0.899. The molecule has 0 saturated carbocycles. The number of quaternary nitrogens is 1. The molecule has 13 heavy (non-hydrogen) atoms. The third-order valence-corrected chi connectivity index (χ3v) is 1.95. The van der Waals surface area contributed by atoms with Crippen LogP contribution in [0, 0.1) is 5.92 Å². The fraction of sp³-hybridized carbons (Fsp3) is 0.889. The molecule has 0 amide bonds. The Bertz CT molecular complexity index is 163. The average Bonchev–Trinajstić information content (AvgIpc) is 1.95. The summed E-state index contributed by atoms with van der Waals surface area (Å²) >= 11 is 0. The van der Waals surface area contributed by atoms with E-state index in [1.165, 1.54) is 0 Å². The molecule has 4 heteroatoms. The SMILES string of the molecule is C[N+](C)(C)CCCC(CO)C(=O)O. The van der Waals surface area contributed by atoms with Crippen molar-refractivity contribution in [2.45, 2.75) is 12.8 Å². The van der Waals surface area contributed by atoms with Gasteiger partial charge in [0.05, 0.1) is 40.2 Å². The zero-order chi connectivity index (χ0) is 10.5. The number of aliphatic carboxylic acids is 1. The molecular formula is C9H20NO3+. The highest BCUT2D eigenvalue weighted by molar-refractivity contribution is 5.69. The second kappa shape index (κ2) is 5.19. The van der Waals surface area contributed by atoms with Gasteiger partial charge in [-0.2, -0.15) is 0 Å². The Labute approximate surface area is 79.4 Å². The number of carboxylic acid groups (broad SMARTS) is 1. The first kappa shape index (κ1) is 12.4. The molecule has 0 aliphatic carbocycles. The van der Waals surface area contributed by atoms with E-state index >= 15 is 0 Å². The van der Waals surface area contributed by atoms with Gasteiger partial charge in [-0.1, -0.05) is 0 Å². The van der Waals surface area contributed by atoms with Gasteiger partial charge in [-0.25, -0.2) is 0 Å². The average molecular weight is 190 g/mol. The second-order valence-electron chi connectivity index (χ2n) is 4.37. The normalized spacial score (nSPS) is 14.2. The summed E-state index contributed by atoms with van der Waals surface area (Å²) in [5, 5.41) is 17.4. The maximum Gasteiger partial charge on any atom is 0.308 e. The molecule has 0 aromatic heterocycles. The van der Waals surface area contributed by atoms with Gasteiger partial charge < -0.3 is 14.7 Å². The van der Waals surface area contributed by atoms with Crippen LogP contribution in [0.15, 0.2) is 0 Å². The van der Waals surface area contributed by atoms with Crippen molar-refractivity contribution in [3.63, 3.8) is 0 Å². The molecule has 0 rings (SSSR count). The van der Waals surface area contributed by atoms with Crippen LogP contribution in [-0.2, 0) is 4.79 Å². The molecule has 1 atom stereocenters. The predicted octanol–water partition coefficient (Wildman–Crippen LogP) is 0.166. The van der Waals surface area contributed by atoms with Gasteiger partial charge in [-0.15, -0.1) is 0 Å². The summed E-state index contributed by atoms with van der Waals surface area (Å²) in [7, 11) is 6.19. The zero-order valence-corrected chi connectivity index (χ0v) is 8.66. The van der Waals surface area contributed by atoms with Gasteiger partial charge >= 0.3 is 5.97 Å².